The Balaban J connectivity index is 1.11. The largest absolute Gasteiger partial charge is 0.488 e. The molecule has 0 saturated carbocycles. The molecular weight excluding hydrogens is 693 g/mol. The van der Waals surface area contributed by atoms with Gasteiger partial charge in [0.05, 0.1) is 34.5 Å². The lowest BCUT2D eigenvalue weighted by Gasteiger charge is -2.30. The molecule has 2 aromatic heterocycles. The molecule has 0 unspecified atom stereocenters. The van der Waals surface area contributed by atoms with Crippen molar-refractivity contribution in [2.75, 3.05) is 0 Å². The van der Waals surface area contributed by atoms with Gasteiger partial charge in [0.25, 0.3) is 0 Å². The third-order valence-electron chi connectivity index (χ3n) is 11.1. The molecule has 2 N–H and O–H groups in total. The van der Waals surface area contributed by atoms with E-state index in [1.165, 1.54) is 0 Å². The van der Waals surface area contributed by atoms with Gasteiger partial charge in [-0.15, -0.1) is 0 Å². The molecule has 11 nitrogen and oxygen atoms in total. The molecule has 5 aromatic rings. The minimum Gasteiger partial charge on any atom is -0.488 e. The zero-order valence-electron chi connectivity index (χ0n) is 33.8. The van der Waals surface area contributed by atoms with Crippen LogP contribution >= 0.6 is 0 Å². The van der Waals surface area contributed by atoms with Gasteiger partial charge in [0.1, 0.15) is 35.2 Å². The summed E-state index contributed by atoms with van der Waals surface area (Å²) < 4.78 is 18.1. The number of benzene rings is 3. The zero-order chi connectivity index (χ0) is 39.1. The molecule has 4 atom stereocenters. The SMILES string of the molecule is CC(C)c1nc([C@@H]2CC[C@H](C)N2C(=O)OC(C)(C)C)[nH]c1-c1ccc2c(c1)COc1cc3c(ccc4nc([C@@H]5CC[C@H](C)N5C(=O)OC(C)(C)C)[nH]c43)cc1-2. The highest BCUT2D eigenvalue weighted by Crippen LogP contribution is 2.45. The van der Waals surface area contributed by atoms with Crippen LogP contribution in [0.1, 0.15) is 136 Å². The van der Waals surface area contributed by atoms with E-state index in [0.29, 0.717) is 6.61 Å². The van der Waals surface area contributed by atoms with Gasteiger partial charge >= 0.3 is 12.2 Å². The van der Waals surface area contributed by atoms with Crippen LogP contribution in [-0.2, 0) is 16.1 Å². The second-order valence-electron chi connectivity index (χ2n) is 18.0. The van der Waals surface area contributed by atoms with Gasteiger partial charge in [0.2, 0.25) is 0 Å². The first-order chi connectivity index (χ1) is 26.0. The fourth-order valence-corrected chi connectivity index (χ4v) is 8.58. The van der Waals surface area contributed by atoms with Crippen molar-refractivity contribution in [3.63, 3.8) is 0 Å². The number of amides is 2. The molecule has 55 heavy (non-hydrogen) atoms. The maximum absolute atomic E-state index is 13.3. The molecule has 0 aliphatic carbocycles. The minimum atomic E-state index is -0.576. The quantitative estimate of drug-likeness (QED) is 0.187. The number of aromatic nitrogens is 4. The van der Waals surface area contributed by atoms with Crippen molar-refractivity contribution in [2.45, 2.75) is 143 Å². The number of hydrogen-bond acceptors (Lipinski definition) is 7. The van der Waals surface area contributed by atoms with E-state index in [1.54, 1.807) is 0 Å². The van der Waals surface area contributed by atoms with Crippen molar-refractivity contribution in [3.8, 4) is 28.1 Å². The molecule has 0 spiro atoms. The normalized spacial score (nSPS) is 21.3. The molecule has 290 valence electrons. The van der Waals surface area contributed by atoms with Crippen molar-refractivity contribution < 1.29 is 23.8 Å². The smallest absolute Gasteiger partial charge is 0.411 e. The molecule has 0 bridgehead atoms. The first kappa shape index (κ1) is 36.9. The summed E-state index contributed by atoms with van der Waals surface area (Å²) in [5, 5.41) is 2.10. The van der Waals surface area contributed by atoms with Gasteiger partial charge in [-0.1, -0.05) is 32.0 Å². The van der Waals surface area contributed by atoms with Crippen molar-refractivity contribution in [1.29, 1.82) is 0 Å². The standard InChI is InChI=1S/C44H54N6O5/c1-23(2)36-37(47-40(46-36)34-18-12-25(4)50(34)42(52)55-44(8,9)10)27-13-15-29-28(19-27)22-53-35-21-30-26(20-31(29)35)14-16-32-38(30)48-39(45-32)33-17-11-24(3)49(33)41(51)54-43(5,6)7/h13-16,19-21,23-25,33-34H,11-12,17-18,22H2,1-10H3,(H,45,48)(H,46,47)/t24-,25-,33-,34-/m0/s1. The van der Waals surface area contributed by atoms with Crippen molar-refractivity contribution >= 4 is 34.0 Å². The Morgan fingerprint density at radius 3 is 2.00 bits per heavy atom. The van der Waals surface area contributed by atoms with E-state index in [0.717, 1.165) is 98.5 Å². The monoisotopic (exact) mass is 746 g/mol. The number of ether oxygens (including phenoxy) is 3. The fraction of sp³-hybridized carbons (Fsp3) is 0.500. The van der Waals surface area contributed by atoms with Gasteiger partial charge in [0.15, 0.2) is 0 Å². The van der Waals surface area contributed by atoms with Crippen molar-refractivity contribution in [3.05, 3.63) is 65.4 Å². The highest BCUT2D eigenvalue weighted by molar-refractivity contribution is 6.07. The highest BCUT2D eigenvalue weighted by atomic mass is 16.6. The number of rotatable bonds is 4. The summed E-state index contributed by atoms with van der Waals surface area (Å²) in [7, 11) is 0. The number of hydrogen-bond donors (Lipinski definition) is 2. The number of nitrogens with zero attached hydrogens (tertiary/aromatic N) is 4. The maximum Gasteiger partial charge on any atom is 0.411 e. The molecule has 2 saturated heterocycles. The summed E-state index contributed by atoms with van der Waals surface area (Å²) in [5.41, 5.74) is 6.90. The highest BCUT2D eigenvalue weighted by Gasteiger charge is 2.41. The fourth-order valence-electron chi connectivity index (χ4n) is 8.58. The number of imidazole rings is 2. The molecule has 3 aromatic carbocycles. The van der Waals surface area contributed by atoms with E-state index in [1.807, 2.05) is 57.4 Å². The lowest BCUT2D eigenvalue weighted by atomic mass is 9.91. The molecule has 11 heteroatoms. The average molecular weight is 747 g/mol. The van der Waals surface area contributed by atoms with Gasteiger partial charge in [0, 0.05) is 28.6 Å². The predicted molar refractivity (Wildman–Crippen MR) is 214 cm³/mol. The van der Waals surface area contributed by atoms with E-state index >= 15 is 0 Å². The number of carbonyl (C=O) groups is 2. The van der Waals surface area contributed by atoms with Gasteiger partial charge in [-0.2, -0.15) is 0 Å². The number of carbonyl (C=O) groups excluding carboxylic acids is 2. The van der Waals surface area contributed by atoms with Crippen LogP contribution in [0.2, 0.25) is 0 Å². The Bertz CT molecular complexity index is 2310. The number of H-pyrrole nitrogens is 2. The first-order valence-corrected chi connectivity index (χ1v) is 19.8. The molecule has 3 aliphatic heterocycles. The maximum atomic E-state index is 13.3. The second kappa shape index (κ2) is 13.3. The van der Waals surface area contributed by atoms with Crippen LogP contribution in [0.5, 0.6) is 5.75 Å². The Morgan fingerprint density at radius 1 is 0.782 bits per heavy atom. The average Bonchev–Trinajstić information content (AvgIpc) is 3.90. The van der Waals surface area contributed by atoms with Crippen LogP contribution in [0.4, 0.5) is 9.59 Å². The van der Waals surface area contributed by atoms with Gasteiger partial charge in [-0.05, 0) is 128 Å². The topological polar surface area (TPSA) is 126 Å². The predicted octanol–water partition coefficient (Wildman–Crippen LogP) is 10.7. The molecule has 0 radical (unpaired) electrons. The Labute approximate surface area is 323 Å². The van der Waals surface area contributed by atoms with Crippen LogP contribution in [0, 0.1) is 0 Å². The van der Waals surface area contributed by atoms with Crippen LogP contribution < -0.4 is 4.74 Å². The van der Waals surface area contributed by atoms with Crippen molar-refractivity contribution in [2.24, 2.45) is 0 Å². The number of nitrogens with one attached hydrogen (secondary N) is 2. The molecule has 2 amide bonds. The van der Waals surface area contributed by atoms with E-state index in [2.05, 4.69) is 74.1 Å². The summed E-state index contributed by atoms with van der Waals surface area (Å²) in [6.07, 6.45) is 2.81. The van der Waals surface area contributed by atoms with Crippen LogP contribution in [-0.4, -0.2) is 65.2 Å². The first-order valence-electron chi connectivity index (χ1n) is 19.8. The third-order valence-corrected chi connectivity index (χ3v) is 11.1. The molecular formula is C44H54N6O5. The number of likely N-dealkylation sites (tertiary alicyclic amines) is 2. The number of aromatic amines is 2. The van der Waals surface area contributed by atoms with Crippen LogP contribution in [0.15, 0.2) is 42.5 Å². The van der Waals surface area contributed by atoms with Crippen LogP contribution in [0.3, 0.4) is 0 Å². The molecule has 2 fully saturated rings. The van der Waals surface area contributed by atoms with Crippen LogP contribution in [0.25, 0.3) is 44.2 Å². The second-order valence-corrected chi connectivity index (χ2v) is 18.0. The summed E-state index contributed by atoms with van der Waals surface area (Å²) in [4.78, 5) is 47.6. The number of fused-ring (bicyclic) bond motifs is 6. The summed E-state index contributed by atoms with van der Waals surface area (Å²) in [5.74, 6) is 2.57. The lowest BCUT2D eigenvalue weighted by molar-refractivity contribution is 0.0141. The van der Waals surface area contributed by atoms with Gasteiger partial charge in [-0.25, -0.2) is 19.6 Å². The van der Waals surface area contributed by atoms with E-state index < -0.39 is 11.2 Å². The van der Waals surface area contributed by atoms with Crippen molar-refractivity contribution in [1.82, 2.24) is 29.7 Å². The third kappa shape index (κ3) is 6.80. The summed E-state index contributed by atoms with van der Waals surface area (Å²) >= 11 is 0. The summed E-state index contributed by atoms with van der Waals surface area (Å²) in [6.45, 7) is 20.3. The molecule has 8 rings (SSSR count). The summed E-state index contributed by atoms with van der Waals surface area (Å²) in [6, 6.07) is 14.8. The molecule has 5 heterocycles. The Kier molecular flexibility index (Phi) is 8.93. The van der Waals surface area contributed by atoms with E-state index in [4.69, 9.17) is 24.2 Å². The van der Waals surface area contributed by atoms with E-state index in [9.17, 15) is 9.59 Å². The van der Waals surface area contributed by atoms with Gasteiger partial charge in [-0.3, -0.25) is 9.80 Å². The Hall–Kier alpha value is -5.06. The van der Waals surface area contributed by atoms with Gasteiger partial charge < -0.3 is 24.2 Å². The molecule has 3 aliphatic rings. The minimum absolute atomic E-state index is 0.0590. The van der Waals surface area contributed by atoms with E-state index in [-0.39, 0.29) is 42.3 Å². The Morgan fingerprint density at radius 2 is 1.40 bits per heavy atom. The zero-order valence-corrected chi connectivity index (χ0v) is 33.8. The lowest BCUT2D eigenvalue weighted by Crippen LogP contribution is -2.40.